The fourth-order valence-corrected chi connectivity index (χ4v) is 1.35. The summed E-state index contributed by atoms with van der Waals surface area (Å²) >= 11 is 0. The number of H-pyrrole nitrogens is 1. The van der Waals surface area contributed by atoms with Crippen molar-refractivity contribution in [2.24, 2.45) is 0 Å². The summed E-state index contributed by atoms with van der Waals surface area (Å²) in [5.74, 6) is -0.671. The van der Waals surface area contributed by atoms with Gasteiger partial charge in [0.15, 0.2) is 0 Å². The Kier molecular flexibility index (Phi) is 3.67. The van der Waals surface area contributed by atoms with E-state index in [2.05, 4.69) is 9.97 Å². The van der Waals surface area contributed by atoms with Gasteiger partial charge in [-0.1, -0.05) is 0 Å². The van der Waals surface area contributed by atoms with Crippen LogP contribution >= 0.6 is 0 Å². The standard InChI is InChI=1S/C11H16N2O4/c1-6-7(5-8(14)15)9(16)13-10(12-6)11(2,3)17-4/h5H2,1-4H3,(H,14,15)(H,12,13,16). The minimum Gasteiger partial charge on any atom is -0.481 e. The minimum absolute atomic E-state index is 0.174. The number of aliphatic carboxylic acids is 1. The summed E-state index contributed by atoms with van der Waals surface area (Å²) in [5.41, 5.74) is -0.560. The topological polar surface area (TPSA) is 92.3 Å². The van der Waals surface area contributed by atoms with E-state index >= 15 is 0 Å². The number of hydrogen-bond acceptors (Lipinski definition) is 4. The number of carbonyl (C=O) groups is 1. The van der Waals surface area contributed by atoms with Crippen LogP contribution in [0.3, 0.4) is 0 Å². The summed E-state index contributed by atoms with van der Waals surface area (Å²) in [6, 6.07) is 0. The molecule has 1 rings (SSSR count). The van der Waals surface area contributed by atoms with E-state index in [1.165, 1.54) is 7.11 Å². The summed E-state index contributed by atoms with van der Waals surface area (Å²) in [6.45, 7) is 5.14. The third-order valence-electron chi connectivity index (χ3n) is 2.63. The number of aromatic nitrogens is 2. The van der Waals surface area contributed by atoms with E-state index in [0.717, 1.165) is 0 Å². The molecule has 0 aliphatic rings. The van der Waals surface area contributed by atoms with Gasteiger partial charge in [-0.2, -0.15) is 0 Å². The second kappa shape index (κ2) is 4.67. The molecule has 0 bridgehead atoms. The highest BCUT2D eigenvalue weighted by molar-refractivity contribution is 5.70. The molecule has 0 unspecified atom stereocenters. The second-order valence-electron chi connectivity index (χ2n) is 4.26. The van der Waals surface area contributed by atoms with Crippen molar-refractivity contribution in [2.75, 3.05) is 7.11 Å². The first-order valence-electron chi connectivity index (χ1n) is 5.15. The molecule has 0 spiro atoms. The highest BCUT2D eigenvalue weighted by Gasteiger charge is 2.24. The molecule has 1 aromatic rings. The summed E-state index contributed by atoms with van der Waals surface area (Å²) < 4.78 is 5.21. The Morgan fingerprint density at radius 1 is 1.53 bits per heavy atom. The van der Waals surface area contributed by atoms with Gasteiger partial charge < -0.3 is 14.8 Å². The Bertz CT molecular complexity index is 491. The predicted molar refractivity (Wildman–Crippen MR) is 61.0 cm³/mol. The Morgan fingerprint density at radius 3 is 2.53 bits per heavy atom. The number of carboxylic acid groups (broad SMARTS) is 1. The van der Waals surface area contributed by atoms with Crippen molar-refractivity contribution >= 4 is 5.97 Å². The first-order valence-corrected chi connectivity index (χ1v) is 5.15. The predicted octanol–water partition coefficient (Wildman–Crippen LogP) is 0.587. The van der Waals surface area contributed by atoms with E-state index in [1.807, 2.05) is 0 Å². The van der Waals surface area contributed by atoms with Crippen molar-refractivity contribution in [1.82, 2.24) is 9.97 Å². The van der Waals surface area contributed by atoms with Crippen LogP contribution in [-0.4, -0.2) is 28.2 Å². The molecule has 94 valence electrons. The molecule has 6 nitrogen and oxygen atoms in total. The van der Waals surface area contributed by atoms with Crippen LogP contribution in [-0.2, 0) is 21.6 Å². The molecule has 0 aliphatic carbocycles. The van der Waals surface area contributed by atoms with Crippen LogP contribution in [0.1, 0.15) is 30.9 Å². The summed E-state index contributed by atoms with van der Waals surface area (Å²) in [6.07, 6.45) is -0.331. The molecule has 0 saturated heterocycles. The highest BCUT2D eigenvalue weighted by atomic mass is 16.5. The summed E-state index contributed by atoms with van der Waals surface area (Å²) in [4.78, 5) is 29.1. The lowest BCUT2D eigenvalue weighted by atomic mass is 10.1. The normalized spacial score (nSPS) is 11.5. The van der Waals surface area contributed by atoms with Crippen molar-refractivity contribution < 1.29 is 14.6 Å². The van der Waals surface area contributed by atoms with Crippen LogP contribution in [0.2, 0.25) is 0 Å². The number of aryl methyl sites for hydroxylation is 1. The van der Waals surface area contributed by atoms with E-state index in [4.69, 9.17) is 9.84 Å². The minimum atomic E-state index is -1.06. The number of aromatic amines is 1. The first-order chi connectivity index (χ1) is 7.77. The lowest BCUT2D eigenvalue weighted by Crippen LogP contribution is -2.29. The monoisotopic (exact) mass is 240 g/mol. The number of hydrogen-bond donors (Lipinski definition) is 2. The van der Waals surface area contributed by atoms with Gasteiger partial charge in [0.25, 0.3) is 5.56 Å². The third-order valence-corrected chi connectivity index (χ3v) is 2.63. The Morgan fingerprint density at radius 2 is 2.12 bits per heavy atom. The van der Waals surface area contributed by atoms with Crippen molar-refractivity contribution in [1.29, 1.82) is 0 Å². The number of methoxy groups -OCH3 is 1. The van der Waals surface area contributed by atoms with Crippen LogP contribution < -0.4 is 5.56 Å². The fraction of sp³-hybridized carbons (Fsp3) is 0.545. The number of nitrogens with zero attached hydrogens (tertiary/aromatic N) is 1. The van der Waals surface area contributed by atoms with Gasteiger partial charge in [-0.25, -0.2) is 4.98 Å². The number of ether oxygens (including phenoxy) is 1. The zero-order valence-corrected chi connectivity index (χ0v) is 10.3. The average Bonchev–Trinajstić information content (AvgIpc) is 2.22. The summed E-state index contributed by atoms with van der Waals surface area (Å²) in [7, 11) is 1.51. The molecule has 17 heavy (non-hydrogen) atoms. The molecule has 2 N–H and O–H groups in total. The van der Waals surface area contributed by atoms with E-state index in [1.54, 1.807) is 20.8 Å². The van der Waals surface area contributed by atoms with Crippen LogP contribution in [0, 0.1) is 6.92 Å². The SMILES string of the molecule is COC(C)(C)c1nc(C)c(CC(=O)O)c(=O)[nH]1. The molecule has 0 fully saturated rings. The largest absolute Gasteiger partial charge is 0.481 e. The lowest BCUT2D eigenvalue weighted by Gasteiger charge is -2.22. The van der Waals surface area contributed by atoms with Gasteiger partial charge >= 0.3 is 5.97 Å². The van der Waals surface area contributed by atoms with E-state index in [0.29, 0.717) is 11.5 Å². The quantitative estimate of drug-likeness (QED) is 0.803. The van der Waals surface area contributed by atoms with E-state index in [-0.39, 0.29) is 12.0 Å². The van der Waals surface area contributed by atoms with E-state index < -0.39 is 17.1 Å². The van der Waals surface area contributed by atoms with E-state index in [9.17, 15) is 9.59 Å². The zero-order chi connectivity index (χ0) is 13.2. The lowest BCUT2D eigenvalue weighted by molar-refractivity contribution is -0.136. The number of carboxylic acids is 1. The Hall–Kier alpha value is -1.69. The van der Waals surface area contributed by atoms with Crippen LogP contribution in [0.15, 0.2) is 4.79 Å². The molecule has 0 radical (unpaired) electrons. The van der Waals surface area contributed by atoms with Crippen molar-refractivity contribution in [3.63, 3.8) is 0 Å². The van der Waals surface area contributed by atoms with Crippen LogP contribution in [0.5, 0.6) is 0 Å². The zero-order valence-electron chi connectivity index (χ0n) is 10.3. The molecular weight excluding hydrogens is 224 g/mol. The van der Waals surface area contributed by atoms with Gasteiger partial charge in [0, 0.05) is 18.4 Å². The maximum atomic E-state index is 11.7. The molecule has 0 atom stereocenters. The van der Waals surface area contributed by atoms with Crippen LogP contribution in [0.25, 0.3) is 0 Å². The molecule has 0 aliphatic heterocycles. The molecule has 1 aromatic heterocycles. The molecule has 0 aromatic carbocycles. The fourth-order valence-electron chi connectivity index (χ4n) is 1.35. The highest BCUT2D eigenvalue weighted by Crippen LogP contribution is 2.19. The number of rotatable bonds is 4. The molecule has 6 heteroatoms. The smallest absolute Gasteiger partial charge is 0.308 e. The van der Waals surface area contributed by atoms with Crippen LogP contribution in [0.4, 0.5) is 0 Å². The van der Waals surface area contributed by atoms with Gasteiger partial charge in [-0.05, 0) is 20.8 Å². The maximum Gasteiger partial charge on any atom is 0.308 e. The average molecular weight is 240 g/mol. The van der Waals surface area contributed by atoms with Gasteiger partial charge in [0.05, 0.1) is 6.42 Å². The van der Waals surface area contributed by atoms with Crippen molar-refractivity contribution in [3.05, 3.63) is 27.4 Å². The Labute approximate surface area is 98.7 Å². The Balaban J connectivity index is 3.28. The molecule has 0 amide bonds. The van der Waals surface area contributed by atoms with Gasteiger partial charge in [0.2, 0.25) is 0 Å². The van der Waals surface area contributed by atoms with Gasteiger partial charge in [-0.15, -0.1) is 0 Å². The van der Waals surface area contributed by atoms with Gasteiger partial charge in [0.1, 0.15) is 11.4 Å². The number of nitrogens with one attached hydrogen (secondary N) is 1. The second-order valence-corrected chi connectivity index (χ2v) is 4.26. The summed E-state index contributed by atoms with van der Waals surface area (Å²) in [5, 5.41) is 8.69. The molecule has 1 heterocycles. The van der Waals surface area contributed by atoms with Crippen molar-refractivity contribution in [2.45, 2.75) is 32.8 Å². The van der Waals surface area contributed by atoms with Crippen molar-refractivity contribution in [3.8, 4) is 0 Å². The maximum absolute atomic E-state index is 11.7. The molecular formula is C11H16N2O4. The van der Waals surface area contributed by atoms with Gasteiger partial charge in [-0.3, -0.25) is 9.59 Å². The third kappa shape index (κ3) is 2.91. The first kappa shape index (κ1) is 13.4. The molecule has 0 saturated carbocycles.